The molecule has 2 nitrogen and oxygen atoms in total. The monoisotopic (exact) mass is 246 g/mol. The van der Waals surface area contributed by atoms with E-state index in [1.54, 1.807) is 10.4 Å². The number of aromatic nitrogens is 1. The van der Waals surface area contributed by atoms with Gasteiger partial charge in [0.1, 0.15) is 5.00 Å². The van der Waals surface area contributed by atoms with Crippen molar-refractivity contribution in [2.45, 2.75) is 38.6 Å². The van der Waals surface area contributed by atoms with Crippen LogP contribution in [0.2, 0.25) is 0 Å². The highest BCUT2D eigenvalue weighted by atomic mass is 32.1. The van der Waals surface area contributed by atoms with Crippen molar-refractivity contribution in [1.82, 2.24) is 4.57 Å². The number of fused-ring (bicyclic) bond motifs is 1. The Morgan fingerprint density at radius 2 is 1.88 bits per heavy atom. The molecule has 2 heterocycles. The highest BCUT2D eigenvalue weighted by molar-refractivity contribution is 7.14. The molecule has 2 aromatic rings. The molecule has 0 bridgehead atoms. The molecule has 0 aromatic carbocycles. The van der Waals surface area contributed by atoms with Gasteiger partial charge in [-0.3, -0.25) is 0 Å². The molecule has 0 aliphatic heterocycles. The van der Waals surface area contributed by atoms with Gasteiger partial charge < -0.3 is 10.3 Å². The van der Waals surface area contributed by atoms with E-state index in [1.165, 1.54) is 42.7 Å². The maximum absolute atomic E-state index is 5.97. The van der Waals surface area contributed by atoms with Gasteiger partial charge in [0.25, 0.3) is 0 Å². The minimum atomic E-state index is 0.666. The lowest BCUT2D eigenvalue weighted by atomic mass is 10.1. The Bertz CT molecular complexity index is 497. The Morgan fingerprint density at radius 3 is 2.65 bits per heavy atom. The molecule has 0 atom stereocenters. The fourth-order valence-corrected chi connectivity index (χ4v) is 4.07. The molecule has 0 fully saturated rings. The predicted octanol–water partition coefficient (Wildman–Crippen LogP) is 3.27. The van der Waals surface area contributed by atoms with E-state index >= 15 is 0 Å². The average molecular weight is 246 g/mol. The normalized spacial score (nSPS) is 15.6. The molecule has 2 N–H and O–H groups in total. The zero-order chi connectivity index (χ0) is 11.7. The van der Waals surface area contributed by atoms with Crippen LogP contribution in [0.25, 0.3) is 5.00 Å². The van der Waals surface area contributed by atoms with Crippen LogP contribution in [0.3, 0.4) is 0 Å². The van der Waals surface area contributed by atoms with E-state index in [0.29, 0.717) is 6.54 Å². The summed E-state index contributed by atoms with van der Waals surface area (Å²) < 4.78 is 2.21. The largest absolute Gasteiger partial charge is 0.326 e. The van der Waals surface area contributed by atoms with Crippen LogP contribution in [0.15, 0.2) is 24.5 Å². The zero-order valence-electron chi connectivity index (χ0n) is 9.98. The number of hydrogen-bond donors (Lipinski definition) is 1. The maximum atomic E-state index is 5.97. The van der Waals surface area contributed by atoms with Crippen LogP contribution in [-0.2, 0) is 19.4 Å². The van der Waals surface area contributed by atoms with Crippen molar-refractivity contribution in [3.8, 4) is 5.00 Å². The molecule has 2 aromatic heterocycles. The van der Waals surface area contributed by atoms with Crippen molar-refractivity contribution < 1.29 is 0 Å². The number of nitrogens with two attached hydrogens (primary N) is 1. The van der Waals surface area contributed by atoms with Crippen LogP contribution in [0, 0.1) is 0 Å². The summed E-state index contributed by atoms with van der Waals surface area (Å²) in [5.41, 5.74) is 8.90. The van der Waals surface area contributed by atoms with Crippen LogP contribution in [-0.4, -0.2) is 4.57 Å². The Labute approximate surface area is 106 Å². The first kappa shape index (κ1) is 11.1. The molecule has 0 unspecified atom stereocenters. The van der Waals surface area contributed by atoms with Crippen LogP contribution >= 0.6 is 11.3 Å². The summed E-state index contributed by atoms with van der Waals surface area (Å²) in [4.78, 5) is 1.58. The van der Waals surface area contributed by atoms with Gasteiger partial charge in [-0.05, 0) is 43.4 Å². The van der Waals surface area contributed by atoms with Gasteiger partial charge in [-0.25, -0.2) is 0 Å². The summed E-state index contributed by atoms with van der Waals surface area (Å²) in [7, 11) is 0. The van der Waals surface area contributed by atoms with Crippen LogP contribution in [0.4, 0.5) is 0 Å². The molecule has 1 aliphatic rings. The van der Waals surface area contributed by atoms with Gasteiger partial charge in [-0.15, -0.1) is 11.3 Å². The van der Waals surface area contributed by atoms with Gasteiger partial charge in [0, 0.05) is 29.4 Å². The van der Waals surface area contributed by atoms with Crippen molar-refractivity contribution in [2.75, 3.05) is 0 Å². The molecule has 0 radical (unpaired) electrons. The standard InChI is InChI=1S/C14H18N2S/c15-10-12-11-6-2-1-3-7-13(11)17-14(12)16-8-4-5-9-16/h4-5,8-9H,1-3,6-7,10,15H2. The van der Waals surface area contributed by atoms with E-state index in [2.05, 4.69) is 29.1 Å². The molecule has 1 aliphatic carbocycles. The van der Waals surface area contributed by atoms with E-state index in [4.69, 9.17) is 5.73 Å². The fraction of sp³-hybridized carbons (Fsp3) is 0.429. The Kier molecular flexibility index (Phi) is 3.04. The van der Waals surface area contributed by atoms with Crippen molar-refractivity contribution in [1.29, 1.82) is 0 Å². The quantitative estimate of drug-likeness (QED) is 0.810. The van der Waals surface area contributed by atoms with Gasteiger partial charge in [-0.1, -0.05) is 6.42 Å². The predicted molar refractivity (Wildman–Crippen MR) is 72.8 cm³/mol. The SMILES string of the molecule is NCc1c(-n2cccc2)sc2c1CCCCC2. The summed E-state index contributed by atoms with van der Waals surface area (Å²) in [6.07, 6.45) is 10.7. The van der Waals surface area contributed by atoms with Gasteiger partial charge in [0.2, 0.25) is 0 Å². The number of thiophene rings is 1. The summed E-state index contributed by atoms with van der Waals surface area (Å²) in [6, 6.07) is 4.15. The minimum absolute atomic E-state index is 0.666. The van der Waals surface area contributed by atoms with Crippen molar-refractivity contribution >= 4 is 11.3 Å². The zero-order valence-corrected chi connectivity index (χ0v) is 10.8. The molecule has 0 saturated carbocycles. The Morgan fingerprint density at radius 1 is 1.12 bits per heavy atom. The molecular weight excluding hydrogens is 228 g/mol. The van der Waals surface area contributed by atoms with Crippen molar-refractivity contribution in [3.05, 3.63) is 40.5 Å². The van der Waals surface area contributed by atoms with Gasteiger partial charge in [0.15, 0.2) is 0 Å². The Hall–Kier alpha value is -1.06. The summed E-state index contributed by atoms with van der Waals surface area (Å²) in [6.45, 7) is 0.666. The van der Waals surface area contributed by atoms with Crippen LogP contribution in [0.1, 0.15) is 35.3 Å². The highest BCUT2D eigenvalue weighted by Gasteiger charge is 2.19. The van der Waals surface area contributed by atoms with Crippen molar-refractivity contribution in [3.63, 3.8) is 0 Å². The molecule has 0 amide bonds. The minimum Gasteiger partial charge on any atom is -0.326 e. The number of aryl methyl sites for hydroxylation is 1. The van der Waals surface area contributed by atoms with Gasteiger partial charge in [0.05, 0.1) is 0 Å². The fourth-order valence-electron chi connectivity index (χ4n) is 2.68. The first-order valence-corrected chi connectivity index (χ1v) is 7.18. The summed E-state index contributed by atoms with van der Waals surface area (Å²) in [5, 5.41) is 1.34. The highest BCUT2D eigenvalue weighted by Crippen LogP contribution is 2.35. The molecule has 3 rings (SSSR count). The van der Waals surface area contributed by atoms with Crippen LogP contribution < -0.4 is 5.73 Å². The molecule has 17 heavy (non-hydrogen) atoms. The summed E-state index contributed by atoms with van der Waals surface area (Å²) >= 11 is 1.94. The smallest absolute Gasteiger partial charge is 0.104 e. The maximum Gasteiger partial charge on any atom is 0.104 e. The summed E-state index contributed by atoms with van der Waals surface area (Å²) in [5.74, 6) is 0. The molecule has 0 saturated heterocycles. The molecule has 0 spiro atoms. The second-order valence-electron chi connectivity index (χ2n) is 4.64. The topological polar surface area (TPSA) is 30.9 Å². The average Bonchev–Trinajstić information content (AvgIpc) is 2.92. The number of rotatable bonds is 2. The molecule has 90 valence electrons. The van der Waals surface area contributed by atoms with Crippen molar-refractivity contribution in [2.24, 2.45) is 5.73 Å². The lowest BCUT2D eigenvalue weighted by Crippen LogP contribution is -2.03. The third-order valence-electron chi connectivity index (χ3n) is 3.55. The first-order valence-electron chi connectivity index (χ1n) is 6.37. The van der Waals surface area contributed by atoms with Crippen LogP contribution in [0.5, 0.6) is 0 Å². The van der Waals surface area contributed by atoms with Gasteiger partial charge in [-0.2, -0.15) is 0 Å². The van der Waals surface area contributed by atoms with E-state index in [9.17, 15) is 0 Å². The van der Waals surface area contributed by atoms with E-state index in [0.717, 1.165) is 0 Å². The lowest BCUT2D eigenvalue weighted by molar-refractivity contribution is 0.711. The second-order valence-corrected chi connectivity index (χ2v) is 5.73. The molecular formula is C14H18N2S. The third kappa shape index (κ3) is 1.94. The van der Waals surface area contributed by atoms with E-state index in [1.807, 2.05) is 11.3 Å². The number of hydrogen-bond acceptors (Lipinski definition) is 2. The third-order valence-corrected chi connectivity index (χ3v) is 4.90. The van der Waals surface area contributed by atoms with E-state index in [-0.39, 0.29) is 0 Å². The van der Waals surface area contributed by atoms with E-state index < -0.39 is 0 Å². The molecule has 3 heteroatoms. The number of nitrogens with zero attached hydrogens (tertiary/aromatic N) is 1. The lowest BCUT2D eigenvalue weighted by Gasteiger charge is -2.05. The first-order chi connectivity index (χ1) is 8.40. The second kappa shape index (κ2) is 4.67. The van der Waals surface area contributed by atoms with Gasteiger partial charge >= 0.3 is 0 Å². The Balaban J connectivity index is 2.11.